The van der Waals surface area contributed by atoms with Gasteiger partial charge in [-0.15, -0.1) is 0 Å². The molecule has 8 nitrogen and oxygen atoms in total. The second-order valence-electron chi connectivity index (χ2n) is 7.81. The number of nitrogens with one attached hydrogen (secondary N) is 2. The monoisotopic (exact) mass is 442 g/mol. The van der Waals surface area contributed by atoms with Gasteiger partial charge in [0.05, 0.1) is 11.9 Å². The van der Waals surface area contributed by atoms with Crippen LogP contribution in [0.2, 0.25) is 0 Å². The van der Waals surface area contributed by atoms with Crippen molar-refractivity contribution in [3.63, 3.8) is 0 Å². The van der Waals surface area contributed by atoms with Gasteiger partial charge >= 0.3 is 0 Å². The van der Waals surface area contributed by atoms with Crippen molar-refractivity contribution in [2.45, 2.75) is 19.3 Å². The van der Waals surface area contributed by atoms with E-state index in [2.05, 4.69) is 25.4 Å². The molecule has 0 atom stereocenters. The van der Waals surface area contributed by atoms with Crippen molar-refractivity contribution in [2.24, 2.45) is 5.10 Å². The Morgan fingerprint density at radius 1 is 1.15 bits per heavy atom. The minimum absolute atomic E-state index is 0.0369. The van der Waals surface area contributed by atoms with E-state index in [1.165, 1.54) is 19.3 Å². The highest BCUT2D eigenvalue weighted by molar-refractivity contribution is 5.80. The Kier molecular flexibility index (Phi) is 7.46. The van der Waals surface area contributed by atoms with Crippen LogP contribution in [0.15, 0.2) is 64.5 Å². The van der Waals surface area contributed by atoms with Gasteiger partial charge in [-0.2, -0.15) is 10.4 Å². The van der Waals surface area contributed by atoms with E-state index in [0.717, 1.165) is 30.9 Å². The topological polar surface area (TPSA) is 106 Å². The van der Waals surface area contributed by atoms with Gasteiger partial charge in [-0.05, 0) is 43.6 Å². The molecule has 3 aromatic rings. The third kappa shape index (κ3) is 6.05. The van der Waals surface area contributed by atoms with Gasteiger partial charge in [0.1, 0.15) is 24.0 Å². The summed E-state index contributed by atoms with van der Waals surface area (Å²) in [5.74, 6) is 0.940. The summed E-state index contributed by atoms with van der Waals surface area (Å²) >= 11 is 0. The summed E-state index contributed by atoms with van der Waals surface area (Å²) in [6.45, 7) is 3.89. The number of nitrogens with zero attached hydrogens (tertiary/aromatic N) is 4. The van der Waals surface area contributed by atoms with E-state index in [0.29, 0.717) is 17.9 Å². The number of ether oxygens (including phenoxy) is 1. The number of hydrogen-bond acceptors (Lipinski definition) is 7. The predicted molar refractivity (Wildman–Crippen MR) is 128 cm³/mol. The Morgan fingerprint density at radius 2 is 1.97 bits per heavy atom. The van der Waals surface area contributed by atoms with E-state index < -0.39 is 5.56 Å². The second-order valence-corrected chi connectivity index (χ2v) is 7.81. The number of aromatic amines is 1. The number of aromatic nitrogens is 2. The van der Waals surface area contributed by atoms with Crippen LogP contribution in [0.3, 0.4) is 0 Å². The summed E-state index contributed by atoms with van der Waals surface area (Å²) in [4.78, 5) is 21.7. The number of hydrazone groups is 1. The molecule has 33 heavy (non-hydrogen) atoms. The molecule has 0 bridgehead atoms. The van der Waals surface area contributed by atoms with E-state index in [1.54, 1.807) is 18.3 Å². The van der Waals surface area contributed by atoms with Crippen LogP contribution < -0.4 is 15.7 Å². The molecule has 0 aliphatic carbocycles. The van der Waals surface area contributed by atoms with Gasteiger partial charge in [0.15, 0.2) is 0 Å². The van der Waals surface area contributed by atoms with Crippen molar-refractivity contribution >= 4 is 12.2 Å². The predicted octanol–water partition coefficient (Wildman–Crippen LogP) is 3.62. The van der Waals surface area contributed by atoms with Gasteiger partial charge in [0, 0.05) is 12.1 Å². The molecule has 0 radical (unpaired) electrons. The lowest BCUT2D eigenvalue weighted by Crippen LogP contribution is -2.33. The van der Waals surface area contributed by atoms with Crippen LogP contribution in [0.25, 0.3) is 11.3 Å². The summed E-state index contributed by atoms with van der Waals surface area (Å²) in [7, 11) is 0. The first-order chi connectivity index (χ1) is 16.2. The summed E-state index contributed by atoms with van der Waals surface area (Å²) < 4.78 is 5.91. The fourth-order valence-corrected chi connectivity index (χ4v) is 3.76. The molecule has 2 N–H and O–H groups in total. The van der Waals surface area contributed by atoms with Crippen molar-refractivity contribution < 1.29 is 4.74 Å². The molecule has 1 aliphatic rings. The lowest BCUT2D eigenvalue weighted by molar-refractivity contribution is 0.183. The summed E-state index contributed by atoms with van der Waals surface area (Å²) in [6.07, 6.45) is 5.49. The number of H-pyrrole nitrogens is 1. The Labute approximate surface area is 192 Å². The average Bonchev–Trinajstić information content (AvgIpc) is 2.85. The smallest absolute Gasteiger partial charge is 0.270 e. The van der Waals surface area contributed by atoms with Gasteiger partial charge in [0.25, 0.3) is 5.56 Å². The lowest BCUT2D eigenvalue weighted by atomic mass is 10.1. The molecular weight excluding hydrogens is 416 g/mol. The van der Waals surface area contributed by atoms with Crippen molar-refractivity contribution in [2.75, 3.05) is 31.7 Å². The van der Waals surface area contributed by atoms with Gasteiger partial charge in [0.2, 0.25) is 5.95 Å². The normalized spacial score (nSPS) is 14.2. The Morgan fingerprint density at radius 3 is 2.76 bits per heavy atom. The van der Waals surface area contributed by atoms with Crippen molar-refractivity contribution in [1.82, 2.24) is 14.9 Å². The minimum atomic E-state index is -0.520. The maximum atomic E-state index is 12.3. The lowest BCUT2D eigenvalue weighted by Gasteiger charge is -2.26. The fourth-order valence-electron chi connectivity index (χ4n) is 3.76. The first-order valence-electron chi connectivity index (χ1n) is 11.1. The molecule has 2 aromatic carbocycles. The maximum Gasteiger partial charge on any atom is 0.270 e. The van der Waals surface area contributed by atoms with Crippen LogP contribution in [0.5, 0.6) is 5.75 Å². The maximum absolute atomic E-state index is 12.3. The molecule has 4 rings (SSSR count). The first kappa shape index (κ1) is 22.2. The number of rotatable bonds is 8. The Bertz CT molecular complexity index is 1190. The highest BCUT2D eigenvalue weighted by atomic mass is 16.5. The summed E-state index contributed by atoms with van der Waals surface area (Å²) in [5.41, 5.74) is 4.03. The van der Waals surface area contributed by atoms with Crippen LogP contribution in [-0.2, 0) is 0 Å². The Hall–Kier alpha value is -3.96. The summed E-state index contributed by atoms with van der Waals surface area (Å²) in [5, 5.41) is 13.5. The number of benzene rings is 2. The van der Waals surface area contributed by atoms with Crippen LogP contribution in [-0.4, -0.2) is 47.3 Å². The van der Waals surface area contributed by atoms with Crippen LogP contribution >= 0.6 is 0 Å². The quantitative estimate of drug-likeness (QED) is 0.408. The largest absolute Gasteiger partial charge is 0.492 e. The SMILES string of the molecule is N#Cc1c(-c2ccccc2)nc(NN=Cc2cccc(OCCN3CCCCC3)c2)[nH]c1=O. The minimum Gasteiger partial charge on any atom is -0.492 e. The second kappa shape index (κ2) is 11.1. The van der Waals surface area contributed by atoms with Gasteiger partial charge in [-0.3, -0.25) is 14.7 Å². The van der Waals surface area contributed by atoms with Crippen molar-refractivity contribution in [3.8, 4) is 23.1 Å². The van der Waals surface area contributed by atoms with E-state index in [-0.39, 0.29) is 11.5 Å². The molecule has 0 saturated carbocycles. The third-order valence-corrected chi connectivity index (χ3v) is 5.45. The van der Waals surface area contributed by atoms with E-state index in [9.17, 15) is 10.1 Å². The number of piperidine rings is 1. The average molecular weight is 443 g/mol. The fraction of sp³-hybridized carbons (Fsp3) is 0.280. The number of nitriles is 1. The van der Waals surface area contributed by atoms with Crippen LogP contribution in [0.4, 0.5) is 5.95 Å². The molecule has 168 valence electrons. The molecule has 1 fully saturated rings. The molecule has 1 aliphatic heterocycles. The summed E-state index contributed by atoms with van der Waals surface area (Å²) in [6, 6.07) is 18.7. The molecule has 8 heteroatoms. The van der Waals surface area contributed by atoms with E-state index >= 15 is 0 Å². The van der Waals surface area contributed by atoms with Gasteiger partial charge in [-0.25, -0.2) is 10.4 Å². The highest BCUT2D eigenvalue weighted by Crippen LogP contribution is 2.19. The zero-order valence-corrected chi connectivity index (χ0v) is 18.3. The highest BCUT2D eigenvalue weighted by Gasteiger charge is 2.13. The van der Waals surface area contributed by atoms with E-state index in [4.69, 9.17) is 4.74 Å². The Balaban J connectivity index is 1.40. The molecule has 0 spiro atoms. The van der Waals surface area contributed by atoms with Gasteiger partial charge < -0.3 is 4.74 Å². The molecule has 1 saturated heterocycles. The molecule has 2 heterocycles. The number of hydrogen-bond donors (Lipinski definition) is 2. The van der Waals surface area contributed by atoms with Crippen LogP contribution in [0, 0.1) is 11.3 Å². The van der Waals surface area contributed by atoms with E-state index in [1.807, 2.05) is 48.5 Å². The first-order valence-corrected chi connectivity index (χ1v) is 11.1. The van der Waals surface area contributed by atoms with Crippen LogP contribution in [0.1, 0.15) is 30.4 Å². The zero-order valence-electron chi connectivity index (χ0n) is 18.3. The molecule has 1 aromatic heterocycles. The molecule has 0 unspecified atom stereocenters. The number of anilines is 1. The molecular formula is C25H26N6O2. The zero-order chi connectivity index (χ0) is 22.9. The van der Waals surface area contributed by atoms with Crippen molar-refractivity contribution in [3.05, 3.63) is 76.1 Å². The standard InChI is InChI=1S/C25H26N6O2/c26-17-22-23(20-9-3-1-4-10-20)28-25(29-24(22)32)30-27-18-19-8-7-11-21(16-19)33-15-14-31-12-5-2-6-13-31/h1,3-4,7-11,16,18H,2,5-6,12-15H2,(H2,28,29,30,32). The van der Waals surface area contributed by atoms with Gasteiger partial charge in [-0.1, -0.05) is 48.9 Å². The number of likely N-dealkylation sites (tertiary alicyclic amines) is 1. The van der Waals surface area contributed by atoms with Crippen molar-refractivity contribution in [1.29, 1.82) is 5.26 Å². The third-order valence-electron chi connectivity index (χ3n) is 5.45. The molecule has 0 amide bonds.